The molecule has 0 atom stereocenters. The van der Waals surface area contributed by atoms with E-state index < -0.39 is 5.60 Å². The van der Waals surface area contributed by atoms with E-state index in [9.17, 15) is 14.3 Å². The van der Waals surface area contributed by atoms with Gasteiger partial charge < -0.3 is 15.0 Å². The number of hydrogen-bond donors (Lipinski definition) is 2. The Morgan fingerprint density at radius 2 is 2.17 bits per heavy atom. The van der Waals surface area contributed by atoms with E-state index >= 15 is 0 Å². The van der Waals surface area contributed by atoms with Crippen molar-refractivity contribution >= 4 is 16.9 Å². The molecule has 2 aromatic rings. The number of aromatic nitrogens is 2. The van der Waals surface area contributed by atoms with E-state index in [-0.39, 0.29) is 18.1 Å². The molecule has 1 amide bonds. The summed E-state index contributed by atoms with van der Waals surface area (Å²) in [6.07, 6.45) is 4.12. The Kier molecular flexibility index (Phi) is 4.35. The number of benzene rings is 1. The third kappa shape index (κ3) is 3.52. The Morgan fingerprint density at radius 3 is 2.91 bits per heavy atom. The number of carbonyl (C=O) groups is 1. The first-order valence-electron chi connectivity index (χ1n) is 8.07. The molecular formula is C17H22FN3O2. The highest BCUT2D eigenvalue weighted by atomic mass is 19.1. The lowest BCUT2D eigenvalue weighted by molar-refractivity contribution is -0.125. The van der Waals surface area contributed by atoms with Gasteiger partial charge >= 0.3 is 0 Å². The zero-order chi connectivity index (χ0) is 16.4. The summed E-state index contributed by atoms with van der Waals surface area (Å²) in [6, 6.07) is 4.51. The van der Waals surface area contributed by atoms with Crippen LogP contribution in [0.25, 0.3) is 11.0 Å². The van der Waals surface area contributed by atoms with E-state index in [0.717, 1.165) is 29.7 Å². The van der Waals surface area contributed by atoms with Gasteiger partial charge in [0.1, 0.15) is 11.6 Å². The van der Waals surface area contributed by atoms with Crippen LogP contribution >= 0.6 is 0 Å². The zero-order valence-electron chi connectivity index (χ0n) is 13.3. The Hall–Kier alpha value is -1.95. The summed E-state index contributed by atoms with van der Waals surface area (Å²) in [7, 11) is 1.84. The van der Waals surface area contributed by atoms with Crippen LogP contribution in [0, 0.1) is 5.82 Å². The Labute approximate surface area is 134 Å². The minimum atomic E-state index is -0.820. The minimum absolute atomic E-state index is 0.126. The Morgan fingerprint density at radius 1 is 1.43 bits per heavy atom. The summed E-state index contributed by atoms with van der Waals surface area (Å²) in [6.45, 7) is 0.453. The second kappa shape index (κ2) is 6.28. The molecule has 3 rings (SSSR count). The van der Waals surface area contributed by atoms with E-state index in [4.69, 9.17) is 0 Å². The van der Waals surface area contributed by atoms with Gasteiger partial charge in [0.15, 0.2) is 0 Å². The van der Waals surface area contributed by atoms with Crippen LogP contribution in [0.5, 0.6) is 0 Å². The summed E-state index contributed by atoms with van der Waals surface area (Å²) >= 11 is 0. The Balaban J connectivity index is 1.56. The first-order valence-corrected chi connectivity index (χ1v) is 8.07. The predicted octanol–water partition coefficient (Wildman–Crippen LogP) is 2.07. The van der Waals surface area contributed by atoms with Crippen LogP contribution < -0.4 is 5.32 Å². The highest BCUT2D eigenvalue weighted by Gasteiger charge is 2.33. The quantitative estimate of drug-likeness (QED) is 0.886. The fourth-order valence-electron chi connectivity index (χ4n) is 3.32. The predicted molar refractivity (Wildman–Crippen MR) is 85.4 cm³/mol. The number of nitrogens with zero attached hydrogens (tertiary/aromatic N) is 2. The van der Waals surface area contributed by atoms with Crippen LogP contribution in [0.3, 0.4) is 0 Å². The maximum atomic E-state index is 13.3. The number of carbonyl (C=O) groups excluding carboxylic acids is 1. The average Bonchev–Trinajstić information content (AvgIpc) is 3.04. The van der Waals surface area contributed by atoms with Crippen LogP contribution in [-0.4, -0.2) is 32.7 Å². The first-order chi connectivity index (χ1) is 11.0. The lowest BCUT2D eigenvalue weighted by atomic mass is 9.98. The van der Waals surface area contributed by atoms with E-state index in [0.29, 0.717) is 25.8 Å². The lowest BCUT2D eigenvalue weighted by Gasteiger charge is -2.21. The molecular weight excluding hydrogens is 297 g/mol. The van der Waals surface area contributed by atoms with Crippen molar-refractivity contribution < 1.29 is 14.3 Å². The fourth-order valence-corrected chi connectivity index (χ4v) is 3.32. The molecule has 1 fully saturated rings. The molecule has 0 spiro atoms. The molecule has 1 aromatic carbocycles. The average molecular weight is 319 g/mol. The molecule has 6 heteroatoms. The van der Waals surface area contributed by atoms with Crippen molar-refractivity contribution in [3.63, 3.8) is 0 Å². The zero-order valence-corrected chi connectivity index (χ0v) is 13.3. The molecule has 0 unspecified atom stereocenters. The van der Waals surface area contributed by atoms with E-state index in [1.165, 1.54) is 12.1 Å². The number of halogens is 1. The number of amides is 1. The number of aliphatic hydroxyl groups is 1. The largest absolute Gasteiger partial charge is 0.389 e. The molecule has 1 saturated carbocycles. The first kappa shape index (κ1) is 15.9. The molecule has 0 saturated heterocycles. The minimum Gasteiger partial charge on any atom is -0.389 e. The van der Waals surface area contributed by atoms with Gasteiger partial charge in [-0.2, -0.15) is 0 Å². The van der Waals surface area contributed by atoms with Crippen molar-refractivity contribution in [3.8, 4) is 0 Å². The molecule has 0 aliphatic heterocycles. The van der Waals surface area contributed by atoms with E-state index in [1.807, 2.05) is 11.6 Å². The van der Waals surface area contributed by atoms with Crippen molar-refractivity contribution in [2.75, 3.05) is 6.54 Å². The summed E-state index contributed by atoms with van der Waals surface area (Å²) < 4.78 is 15.1. The SMILES string of the molecule is Cn1c(CCNC(=O)CC2(O)CCCC2)nc2ccc(F)cc21. The van der Waals surface area contributed by atoms with Gasteiger partial charge in [0.25, 0.3) is 0 Å². The number of rotatable bonds is 5. The van der Waals surface area contributed by atoms with Gasteiger partial charge in [-0.05, 0) is 31.0 Å². The number of imidazole rings is 1. The number of aryl methyl sites for hydroxylation is 1. The number of nitrogens with one attached hydrogen (secondary N) is 1. The van der Waals surface area contributed by atoms with Gasteiger partial charge in [0.2, 0.25) is 5.91 Å². The van der Waals surface area contributed by atoms with Crippen LogP contribution in [-0.2, 0) is 18.3 Å². The van der Waals surface area contributed by atoms with Gasteiger partial charge in [-0.3, -0.25) is 4.79 Å². The molecule has 1 aliphatic rings. The molecule has 23 heavy (non-hydrogen) atoms. The van der Waals surface area contributed by atoms with E-state index in [2.05, 4.69) is 10.3 Å². The van der Waals surface area contributed by atoms with Crippen molar-refractivity contribution in [1.29, 1.82) is 0 Å². The maximum Gasteiger partial charge on any atom is 0.222 e. The summed E-state index contributed by atoms with van der Waals surface area (Å²) in [5, 5.41) is 13.1. The van der Waals surface area contributed by atoms with Gasteiger partial charge in [-0.1, -0.05) is 12.8 Å². The second-order valence-corrected chi connectivity index (χ2v) is 6.43. The summed E-state index contributed by atoms with van der Waals surface area (Å²) in [5.74, 6) is 0.384. The summed E-state index contributed by atoms with van der Waals surface area (Å²) in [4.78, 5) is 16.4. The Bertz CT molecular complexity index is 720. The topological polar surface area (TPSA) is 67.2 Å². The maximum absolute atomic E-state index is 13.3. The standard InChI is InChI=1S/C17H22FN3O2/c1-21-14-10-12(18)4-5-13(14)20-15(21)6-9-19-16(22)11-17(23)7-2-3-8-17/h4-5,10,23H,2-3,6-9,11H2,1H3,(H,19,22). The molecule has 0 radical (unpaired) electrons. The highest BCUT2D eigenvalue weighted by molar-refractivity contribution is 5.77. The smallest absolute Gasteiger partial charge is 0.222 e. The lowest BCUT2D eigenvalue weighted by Crippen LogP contribution is -2.35. The monoisotopic (exact) mass is 319 g/mol. The van der Waals surface area contributed by atoms with Crippen molar-refractivity contribution in [3.05, 3.63) is 29.8 Å². The fraction of sp³-hybridized carbons (Fsp3) is 0.529. The molecule has 1 aromatic heterocycles. The molecule has 124 valence electrons. The van der Waals surface area contributed by atoms with Crippen molar-refractivity contribution in [1.82, 2.24) is 14.9 Å². The van der Waals surface area contributed by atoms with Crippen molar-refractivity contribution in [2.24, 2.45) is 7.05 Å². The van der Waals surface area contributed by atoms with E-state index in [1.54, 1.807) is 6.07 Å². The highest BCUT2D eigenvalue weighted by Crippen LogP contribution is 2.32. The summed E-state index contributed by atoms with van der Waals surface area (Å²) in [5.41, 5.74) is 0.668. The van der Waals surface area contributed by atoms with Gasteiger partial charge in [0.05, 0.1) is 23.1 Å². The molecule has 2 N–H and O–H groups in total. The van der Waals surface area contributed by atoms with Gasteiger partial charge in [-0.25, -0.2) is 9.37 Å². The molecule has 1 heterocycles. The van der Waals surface area contributed by atoms with Crippen LogP contribution in [0.2, 0.25) is 0 Å². The van der Waals surface area contributed by atoms with Crippen LogP contribution in [0.1, 0.15) is 37.9 Å². The van der Waals surface area contributed by atoms with Gasteiger partial charge in [0, 0.05) is 20.0 Å². The molecule has 0 bridgehead atoms. The van der Waals surface area contributed by atoms with Gasteiger partial charge in [-0.15, -0.1) is 0 Å². The molecule has 1 aliphatic carbocycles. The third-order valence-corrected chi connectivity index (χ3v) is 4.63. The normalized spacial score (nSPS) is 16.8. The van der Waals surface area contributed by atoms with Crippen molar-refractivity contribution in [2.45, 2.75) is 44.1 Å². The third-order valence-electron chi connectivity index (χ3n) is 4.63. The van der Waals surface area contributed by atoms with Crippen LogP contribution in [0.4, 0.5) is 4.39 Å². The van der Waals surface area contributed by atoms with Crippen LogP contribution in [0.15, 0.2) is 18.2 Å². The number of fused-ring (bicyclic) bond motifs is 1. The second-order valence-electron chi connectivity index (χ2n) is 6.43. The molecule has 5 nitrogen and oxygen atoms in total. The number of hydrogen-bond acceptors (Lipinski definition) is 3.